The molecule has 5 atom stereocenters. The molecule has 0 aromatic rings. The van der Waals surface area contributed by atoms with Gasteiger partial charge in [-0.05, 0) is 0 Å². The minimum absolute atomic E-state index is 0.767. The van der Waals surface area contributed by atoms with E-state index in [1.165, 1.54) is 0 Å². The number of esters is 3. The van der Waals surface area contributed by atoms with Crippen LogP contribution in [0, 0.1) is 0 Å². The van der Waals surface area contributed by atoms with E-state index >= 15 is 0 Å². The normalized spacial score (nSPS) is 32.1. The lowest BCUT2D eigenvalue weighted by Crippen LogP contribution is -2.61. The monoisotopic (exact) mass is 308 g/mol. The number of hydrogen-bond donors (Lipinski definition) is 1. The highest BCUT2D eigenvalue weighted by Crippen LogP contribution is 2.28. The Morgan fingerprint density at radius 3 is 1.81 bits per heavy atom. The van der Waals surface area contributed by atoms with Gasteiger partial charge in [-0.2, -0.15) is 0 Å². The van der Waals surface area contributed by atoms with Crippen molar-refractivity contribution in [2.24, 2.45) is 0 Å². The molecule has 0 aromatic carbocycles. The molecule has 1 N–H and O–H groups in total. The molecule has 1 heterocycles. The molecule has 21 heavy (non-hydrogen) atoms. The molecule has 0 spiro atoms. The number of carbonyl (C=O) groups excluding carboxylic acids is 3. The van der Waals surface area contributed by atoms with Crippen LogP contribution in [0.4, 0.5) is 4.39 Å². The van der Waals surface area contributed by atoms with Gasteiger partial charge in [0.15, 0.2) is 24.6 Å². The maximum absolute atomic E-state index is 13.0. The fourth-order valence-corrected chi connectivity index (χ4v) is 2.00. The van der Waals surface area contributed by atoms with Crippen molar-refractivity contribution in [2.45, 2.75) is 51.5 Å². The molecule has 1 rings (SSSR count). The Morgan fingerprint density at radius 1 is 0.952 bits per heavy atom. The van der Waals surface area contributed by atoms with E-state index in [-0.39, 0.29) is 0 Å². The van der Waals surface area contributed by atoms with Gasteiger partial charge >= 0.3 is 17.9 Å². The smallest absolute Gasteiger partial charge is 0.303 e. The van der Waals surface area contributed by atoms with Gasteiger partial charge in [0.2, 0.25) is 0 Å². The SMILES string of the molecule is CC(=O)O[C@H]1[C@@H](OC(C)=O)[C@@H](O)O[C@H](CF)[C@@H]1OC(C)=O. The van der Waals surface area contributed by atoms with E-state index in [0.717, 1.165) is 20.8 Å². The number of alkyl halides is 1. The second kappa shape index (κ2) is 7.32. The summed E-state index contributed by atoms with van der Waals surface area (Å²) in [6.07, 6.45) is -7.21. The molecule has 0 aliphatic carbocycles. The molecular weight excluding hydrogens is 291 g/mol. The van der Waals surface area contributed by atoms with Crippen molar-refractivity contribution < 1.29 is 42.8 Å². The van der Waals surface area contributed by atoms with Crippen molar-refractivity contribution in [1.82, 2.24) is 0 Å². The fourth-order valence-electron chi connectivity index (χ4n) is 2.00. The molecule has 1 aliphatic heterocycles. The largest absolute Gasteiger partial charge is 0.456 e. The van der Waals surface area contributed by atoms with Crippen LogP contribution in [0.15, 0.2) is 0 Å². The predicted octanol–water partition coefficient (Wildman–Crippen LogP) is -0.532. The second-order valence-electron chi connectivity index (χ2n) is 4.44. The minimum atomic E-state index is -1.72. The molecule has 1 saturated heterocycles. The molecule has 120 valence electrons. The molecule has 1 aliphatic rings. The van der Waals surface area contributed by atoms with Crippen molar-refractivity contribution in [1.29, 1.82) is 0 Å². The van der Waals surface area contributed by atoms with Gasteiger partial charge in [-0.25, -0.2) is 4.39 Å². The standard InChI is InChI=1S/C12H17FO8/c1-5(14)18-9-8(4-13)21-12(17)11(20-7(3)16)10(9)19-6(2)15/h8-12,17H,4H2,1-3H3/t8-,9+,10-,11-,12+/m1/s1. The van der Waals surface area contributed by atoms with Gasteiger partial charge in [0.05, 0.1) is 0 Å². The minimum Gasteiger partial charge on any atom is -0.456 e. The number of rotatable bonds is 4. The third-order valence-electron chi connectivity index (χ3n) is 2.67. The molecule has 0 saturated carbocycles. The molecule has 0 radical (unpaired) electrons. The highest BCUT2D eigenvalue weighted by molar-refractivity contribution is 5.68. The third-order valence-corrected chi connectivity index (χ3v) is 2.67. The van der Waals surface area contributed by atoms with Crippen LogP contribution in [0.1, 0.15) is 20.8 Å². The summed E-state index contributed by atoms with van der Waals surface area (Å²) in [5.41, 5.74) is 0. The number of aliphatic hydroxyl groups is 1. The Bertz CT molecular complexity index is 412. The van der Waals surface area contributed by atoms with E-state index < -0.39 is 55.3 Å². The lowest BCUT2D eigenvalue weighted by atomic mass is 9.98. The molecule has 9 heteroatoms. The maximum Gasteiger partial charge on any atom is 0.303 e. The van der Waals surface area contributed by atoms with Crippen LogP contribution in [0.25, 0.3) is 0 Å². The average Bonchev–Trinajstić information content (AvgIpc) is 2.35. The van der Waals surface area contributed by atoms with Crippen molar-refractivity contribution in [3.05, 3.63) is 0 Å². The fraction of sp³-hybridized carbons (Fsp3) is 0.750. The van der Waals surface area contributed by atoms with Gasteiger partial charge in [-0.15, -0.1) is 0 Å². The molecule has 1 fully saturated rings. The van der Waals surface area contributed by atoms with Crippen LogP contribution in [0.3, 0.4) is 0 Å². The Balaban J connectivity index is 3.08. The van der Waals surface area contributed by atoms with Crippen LogP contribution < -0.4 is 0 Å². The first kappa shape index (κ1) is 17.3. The second-order valence-corrected chi connectivity index (χ2v) is 4.44. The number of carbonyl (C=O) groups is 3. The summed E-state index contributed by atoms with van der Waals surface area (Å²) in [5.74, 6) is -2.32. The lowest BCUT2D eigenvalue weighted by Gasteiger charge is -2.42. The lowest BCUT2D eigenvalue weighted by molar-refractivity contribution is -0.292. The van der Waals surface area contributed by atoms with Crippen LogP contribution in [-0.2, 0) is 33.3 Å². The Kier molecular flexibility index (Phi) is 6.03. The van der Waals surface area contributed by atoms with E-state index in [4.69, 9.17) is 18.9 Å². The Morgan fingerprint density at radius 2 is 1.38 bits per heavy atom. The van der Waals surface area contributed by atoms with Gasteiger partial charge in [0, 0.05) is 20.8 Å². The maximum atomic E-state index is 13.0. The van der Waals surface area contributed by atoms with Gasteiger partial charge in [0.1, 0.15) is 12.8 Å². The number of ether oxygens (including phenoxy) is 4. The summed E-state index contributed by atoms with van der Waals surface area (Å²) in [7, 11) is 0. The molecule has 0 unspecified atom stereocenters. The molecule has 0 amide bonds. The molecule has 0 bridgehead atoms. The average molecular weight is 308 g/mol. The predicted molar refractivity (Wildman–Crippen MR) is 63.5 cm³/mol. The van der Waals surface area contributed by atoms with Crippen LogP contribution in [0.5, 0.6) is 0 Å². The summed E-state index contributed by atoms with van der Waals surface area (Å²) in [6.45, 7) is 2.12. The summed E-state index contributed by atoms with van der Waals surface area (Å²) in [6, 6.07) is 0. The summed E-state index contributed by atoms with van der Waals surface area (Å²) < 4.78 is 32.5. The molecular formula is C12H17FO8. The Hall–Kier alpha value is -1.74. The quantitative estimate of drug-likeness (QED) is 0.545. The van der Waals surface area contributed by atoms with E-state index in [9.17, 15) is 23.9 Å². The first-order valence-electron chi connectivity index (χ1n) is 6.17. The molecule has 0 aromatic heterocycles. The van der Waals surface area contributed by atoms with Gasteiger partial charge in [-0.3, -0.25) is 14.4 Å². The summed E-state index contributed by atoms with van der Waals surface area (Å²) in [5, 5.41) is 9.76. The third kappa shape index (κ3) is 4.64. The highest BCUT2D eigenvalue weighted by Gasteiger charge is 2.51. The first-order chi connectivity index (χ1) is 9.76. The van der Waals surface area contributed by atoms with Crippen LogP contribution in [-0.4, -0.2) is 60.4 Å². The highest BCUT2D eigenvalue weighted by atomic mass is 19.1. The van der Waals surface area contributed by atoms with Crippen LogP contribution >= 0.6 is 0 Å². The zero-order valence-electron chi connectivity index (χ0n) is 11.8. The topological polar surface area (TPSA) is 108 Å². The Labute approximate surface area is 120 Å². The zero-order chi connectivity index (χ0) is 16.2. The van der Waals surface area contributed by atoms with E-state index in [2.05, 4.69) is 0 Å². The van der Waals surface area contributed by atoms with Gasteiger partial charge < -0.3 is 24.1 Å². The van der Waals surface area contributed by atoms with Crippen LogP contribution in [0.2, 0.25) is 0 Å². The van der Waals surface area contributed by atoms with E-state index in [1.54, 1.807) is 0 Å². The van der Waals surface area contributed by atoms with Crippen molar-refractivity contribution in [2.75, 3.05) is 6.67 Å². The van der Waals surface area contributed by atoms with Gasteiger partial charge in [0.25, 0.3) is 0 Å². The van der Waals surface area contributed by atoms with Crippen molar-refractivity contribution in [3.63, 3.8) is 0 Å². The summed E-state index contributed by atoms with van der Waals surface area (Å²) >= 11 is 0. The zero-order valence-corrected chi connectivity index (χ0v) is 11.8. The number of hydrogen-bond acceptors (Lipinski definition) is 8. The molecule has 8 nitrogen and oxygen atoms in total. The first-order valence-corrected chi connectivity index (χ1v) is 6.17. The van der Waals surface area contributed by atoms with Gasteiger partial charge in [-0.1, -0.05) is 0 Å². The van der Waals surface area contributed by atoms with Crippen molar-refractivity contribution in [3.8, 4) is 0 Å². The summed E-state index contributed by atoms with van der Waals surface area (Å²) in [4.78, 5) is 33.3. The van der Waals surface area contributed by atoms with Crippen molar-refractivity contribution >= 4 is 17.9 Å². The van der Waals surface area contributed by atoms with E-state index in [0.29, 0.717) is 0 Å². The number of halogens is 1. The number of aliphatic hydroxyl groups excluding tert-OH is 1. The van der Waals surface area contributed by atoms with E-state index in [1.807, 2.05) is 0 Å².